The van der Waals surface area contributed by atoms with Gasteiger partial charge in [0.05, 0.1) is 12.6 Å². The molecule has 1 aliphatic rings. The second-order valence-electron chi connectivity index (χ2n) is 7.34. The van der Waals surface area contributed by atoms with Crippen LogP contribution in [-0.4, -0.2) is 38.6 Å². The van der Waals surface area contributed by atoms with Crippen molar-refractivity contribution in [2.24, 2.45) is 5.73 Å². The van der Waals surface area contributed by atoms with Gasteiger partial charge in [-0.15, -0.1) is 0 Å². The first-order valence-electron chi connectivity index (χ1n) is 10.0. The van der Waals surface area contributed by atoms with Gasteiger partial charge < -0.3 is 11.1 Å². The van der Waals surface area contributed by atoms with E-state index in [9.17, 15) is 4.79 Å². The lowest BCUT2D eigenvalue weighted by Crippen LogP contribution is -2.46. The van der Waals surface area contributed by atoms with Crippen molar-refractivity contribution in [3.05, 3.63) is 66.0 Å². The van der Waals surface area contributed by atoms with E-state index in [1.165, 1.54) is 5.56 Å². The van der Waals surface area contributed by atoms with Crippen molar-refractivity contribution in [3.8, 4) is 11.4 Å². The topological polar surface area (TPSA) is 99.9 Å². The summed E-state index contributed by atoms with van der Waals surface area (Å²) < 4.78 is 0. The Bertz CT molecular complexity index is 937. The molecular formula is C22H26N6O. The summed E-state index contributed by atoms with van der Waals surface area (Å²) in [5.74, 6) is 1.30. The van der Waals surface area contributed by atoms with Crippen molar-refractivity contribution in [2.45, 2.75) is 38.4 Å². The third-order valence-electron chi connectivity index (χ3n) is 5.28. The van der Waals surface area contributed by atoms with Gasteiger partial charge in [-0.3, -0.25) is 14.8 Å². The Morgan fingerprint density at radius 3 is 2.66 bits per heavy atom. The van der Waals surface area contributed by atoms with Crippen molar-refractivity contribution >= 4 is 11.6 Å². The summed E-state index contributed by atoms with van der Waals surface area (Å²) in [4.78, 5) is 19.6. The van der Waals surface area contributed by atoms with E-state index in [0.29, 0.717) is 18.2 Å². The quantitative estimate of drug-likeness (QED) is 0.601. The highest BCUT2D eigenvalue weighted by Gasteiger charge is 2.28. The Kier molecular flexibility index (Phi) is 5.97. The summed E-state index contributed by atoms with van der Waals surface area (Å²) in [5.41, 5.74) is 8.46. The molecule has 1 aromatic heterocycles. The Morgan fingerprint density at radius 2 is 1.93 bits per heavy atom. The van der Waals surface area contributed by atoms with Crippen LogP contribution in [-0.2, 0) is 17.9 Å². The van der Waals surface area contributed by atoms with Gasteiger partial charge in [-0.05, 0) is 49.2 Å². The number of aromatic amines is 1. The minimum absolute atomic E-state index is 0.0525. The molecule has 1 saturated heterocycles. The van der Waals surface area contributed by atoms with Gasteiger partial charge in [0.2, 0.25) is 5.91 Å². The van der Waals surface area contributed by atoms with Crippen LogP contribution in [0.1, 0.15) is 30.7 Å². The first-order valence-corrected chi connectivity index (χ1v) is 10.0. The van der Waals surface area contributed by atoms with Crippen LogP contribution in [0.3, 0.4) is 0 Å². The van der Waals surface area contributed by atoms with Gasteiger partial charge in [0.1, 0.15) is 5.82 Å². The van der Waals surface area contributed by atoms with E-state index >= 15 is 0 Å². The molecule has 2 aromatic carbocycles. The summed E-state index contributed by atoms with van der Waals surface area (Å²) >= 11 is 0. The van der Waals surface area contributed by atoms with Crippen LogP contribution in [0.15, 0.2) is 54.6 Å². The highest BCUT2D eigenvalue weighted by molar-refractivity contribution is 5.95. The monoisotopic (exact) mass is 390 g/mol. The summed E-state index contributed by atoms with van der Waals surface area (Å²) in [5, 5.41) is 10.0. The zero-order chi connectivity index (χ0) is 20.1. The number of carbonyl (C=O) groups is 1. The Labute approximate surface area is 170 Å². The second-order valence-corrected chi connectivity index (χ2v) is 7.34. The maximum Gasteiger partial charge on any atom is 0.241 e. The predicted molar refractivity (Wildman–Crippen MR) is 113 cm³/mol. The minimum Gasteiger partial charge on any atom is -0.325 e. The number of H-pyrrole nitrogens is 1. The van der Waals surface area contributed by atoms with E-state index in [2.05, 4.69) is 37.5 Å². The molecule has 0 radical (unpaired) electrons. The molecule has 7 heteroatoms. The highest BCUT2D eigenvalue weighted by Crippen LogP contribution is 2.22. The van der Waals surface area contributed by atoms with Gasteiger partial charge in [0.25, 0.3) is 0 Å². The van der Waals surface area contributed by atoms with Crippen LogP contribution in [0.5, 0.6) is 0 Å². The number of nitrogens with two attached hydrogens (primary N) is 1. The SMILES string of the molecule is NCc1nc(-c2ccc(NC(=O)C3CCCCN3Cc3ccccc3)cc2)n[nH]1. The number of nitrogens with zero attached hydrogens (tertiary/aromatic N) is 3. The molecule has 0 aliphatic carbocycles. The Hall–Kier alpha value is -3.03. The van der Waals surface area contributed by atoms with Crippen molar-refractivity contribution in [1.29, 1.82) is 0 Å². The Balaban J connectivity index is 1.41. The van der Waals surface area contributed by atoms with Crippen LogP contribution in [0, 0.1) is 0 Å². The number of nitrogens with one attached hydrogen (secondary N) is 2. The molecule has 3 aromatic rings. The van der Waals surface area contributed by atoms with Gasteiger partial charge in [-0.1, -0.05) is 36.8 Å². The van der Waals surface area contributed by atoms with E-state index < -0.39 is 0 Å². The zero-order valence-corrected chi connectivity index (χ0v) is 16.3. The Morgan fingerprint density at radius 1 is 1.14 bits per heavy atom. The molecule has 7 nitrogen and oxygen atoms in total. The summed E-state index contributed by atoms with van der Waals surface area (Å²) in [6, 6.07) is 17.8. The van der Waals surface area contributed by atoms with Crippen LogP contribution < -0.4 is 11.1 Å². The maximum atomic E-state index is 13.0. The molecule has 4 N–H and O–H groups in total. The molecule has 0 saturated carbocycles. The fourth-order valence-electron chi connectivity index (χ4n) is 3.74. The number of benzene rings is 2. The first-order chi connectivity index (χ1) is 14.2. The van der Waals surface area contributed by atoms with Crippen LogP contribution in [0.25, 0.3) is 11.4 Å². The average molecular weight is 390 g/mol. The summed E-state index contributed by atoms with van der Waals surface area (Å²) in [6.07, 6.45) is 3.10. The molecule has 0 bridgehead atoms. The molecule has 4 rings (SSSR count). The van der Waals surface area contributed by atoms with Crippen molar-refractivity contribution < 1.29 is 4.79 Å². The number of carbonyl (C=O) groups excluding carboxylic acids is 1. The molecule has 1 unspecified atom stereocenters. The minimum atomic E-state index is -0.108. The fourth-order valence-corrected chi connectivity index (χ4v) is 3.74. The van der Waals surface area contributed by atoms with Gasteiger partial charge >= 0.3 is 0 Å². The summed E-state index contributed by atoms with van der Waals surface area (Å²) in [7, 11) is 0. The van der Waals surface area contributed by atoms with Crippen molar-refractivity contribution in [1.82, 2.24) is 20.1 Å². The van der Waals surface area contributed by atoms with Gasteiger partial charge in [-0.2, -0.15) is 5.10 Å². The molecule has 150 valence electrons. The third kappa shape index (κ3) is 4.70. The fraction of sp³-hybridized carbons (Fsp3) is 0.318. The molecule has 1 amide bonds. The lowest BCUT2D eigenvalue weighted by molar-refractivity contribution is -0.122. The maximum absolute atomic E-state index is 13.0. The average Bonchev–Trinajstić information content (AvgIpc) is 3.25. The number of anilines is 1. The normalized spacial score (nSPS) is 17.2. The zero-order valence-electron chi connectivity index (χ0n) is 16.3. The largest absolute Gasteiger partial charge is 0.325 e. The van der Waals surface area contributed by atoms with Gasteiger partial charge in [0, 0.05) is 17.8 Å². The lowest BCUT2D eigenvalue weighted by Gasteiger charge is -2.34. The number of hydrogen-bond acceptors (Lipinski definition) is 5. The van der Waals surface area contributed by atoms with Crippen LogP contribution in [0.2, 0.25) is 0 Å². The van der Waals surface area contributed by atoms with Crippen molar-refractivity contribution in [3.63, 3.8) is 0 Å². The molecule has 1 fully saturated rings. The third-order valence-corrected chi connectivity index (χ3v) is 5.28. The number of aromatic nitrogens is 3. The number of hydrogen-bond donors (Lipinski definition) is 3. The molecule has 29 heavy (non-hydrogen) atoms. The molecule has 0 spiro atoms. The van der Waals surface area contributed by atoms with E-state index in [1.807, 2.05) is 42.5 Å². The second kappa shape index (κ2) is 8.98. The number of amides is 1. The number of rotatable bonds is 6. The smallest absolute Gasteiger partial charge is 0.241 e. The standard InChI is InChI=1S/C22H26N6O/c23-14-20-25-21(27-26-20)17-9-11-18(12-10-17)24-22(29)19-8-4-5-13-28(19)15-16-6-2-1-3-7-16/h1-3,6-7,9-12,19H,4-5,8,13-15,23H2,(H,24,29)(H,25,26,27). The van der Waals surface area contributed by atoms with Gasteiger partial charge in [-0.25, -0.2) is 4.98 Å². The molecule has 2 heterocycles. The van der Waals surface area contributed by atoms with Crippen LogP contribution >= 0.6 is 0 Å². The number of piperidine rings is 1. The predicted octanol–water partition coefficient (Wildman–Crippen LogP) is 2.92. The van der Waals surface area contributed by atoms with E-state index in [1.54, 1.807) is 0 Å². The van der Waals surface area contributed by atoms with Gasteiger partial charge in [0.15, 0.2) is 5.82 Å². The lowest BCUT2D eigenvalue weighted by atomic mass is 10.00. The highest BCUT2D eigenvalue weighted by atomic mass is 16.2. The summed E-state index contributed by atoms with van der Waals surface area (Å²) in [6.45, 7) is 2.06. The first kappa shape index (κ1) is 19.3. The van der Waals surface area contributed by atoms with E-state index in [0.717, 1.165) is 43.6 Å². The molecule has 1 atom stereocenters. The molecular weight excluding hydrogens is 364 g/mol. The van der Waals surface area contributed by atoms with E-state index in [4.69, 9.17) is 5.73 Å². The van der Waals surface area contributed by atoms with E-state index in [-0.39, 0.29) is 11.9 Å². The number of likely N-dealkylation sites (tertiary alicyclic amines) is 1. The van der Waals surface area contributed by atoms with Crippen LogP contribution in [0.4, 0.5) is 5.69 Å². The molecule has 1 aliphatic heterocycles. The van der Waals surface area contributed by atoms with Crippen molar-refractivity contribution in [2.75, 3.05) is 11.9 Å².